The average Bonchev–Trinajstić information content (AvgIpc) is 2.87. The summed E-state index contributed by atoms with van der Waals surface area (Å²) in [5, 5.41) is 3.40. The van der Waals surface area contributed by atoms with E-state index in [2.05, 4.69) is 33.5 Å². The van der Waals surface area contributed by atoms with Crippen LogP contribution in [0.1, 0.15) is 18.4 Å². The maximum atomic E-state index is 11.2. The summed E-state index contributed by atoms with van der Waals surface area (Å²) in [5.41, 5.74) is 3.20. The highest BCUT2D eigenvalue weighted by Crippen LogP contribution is 2.25. The number of hydrogen-bond acceptors (Lipinski definition) is 2. The first-order chi connectivity index (χ1) is 9.33. The Morgan fingerprint density at radius 2 is 1.95 bits per heavy atom. The van der Waals surface area contributed by atoms with E-state index in [1.807, 2.05) is 6.07 Å². The predicted octanol–water partition coefficient (Wildman–Crippen LogP) is 1.91. The van der Waals surface area contributed by atoms with Crippen molar-refractivity contribution in [2.45, 2.75) is 19.3 Å². The summed E-state index contributed by atoms with van der Waals surface area (Å²) in [4.78, 5) is 16.8. The third kappa shape index (κ3) is 2.79. The van der Waals surface area contributed by atoms with Gasteiger partial charge in [-0.05, 0) is 43.8 Å². The van der Waals surface area contributed by atoms with Crippen LogP contribution in [-0.4, -0.2) is 23.1 Å². The van der Waals surface area contributed by atoms with Crippen LogP contribution in [-0.2, 0) is 6.42 Å². The highest BCUT2D eigenvalue weighted by atomic mass is 16.1. The Morgan fingerprint density at radius 1 is 1.16 bits per heavy atom. The van der Waals surface area contributed by atoms with Crippen molar-refractivity contribution in [2.24, 2.45) is 5.92 Å². The van der Waals surface area contributed by atoms with Crippen molar-refractivity contribution in [3.8, 4) is 11.3 Å². The summed E-state index contributed by atoms with van der Waals surface area (Å²) in [6.45, 7) is 2.24. The lowest BCUT2D eigenvalue weighted by Gasteiger charge is -2.23. The Balaban J connectivity index is 1.86. The molecular weight excluding hydrogens is 238 g/mol. The number of hydrogen-bond donors (Lipinski definition) is 3. The standard InChI is InChI=1S/C15H19N3O/c19-15-17-10-14(18-15)13-4-2-1-3-12(13)9-11-5-7-16-8-6-11/h1-4,10-11,16H,5-9H2,(H2,17,18,19). The van der Waals surface area contributed by atoms with Gasteiger partial charge in [-0.3, -0.25) is 0 Å². The molecule has 0 radical (unpaired) electrons. The van der Waals surface area contributed by atoms with Crippen LogP contribution in [0.25, 0.3) is 11.3 Å². The van der Waals surface area contributed by atoms with Crippen LogP contribution < -0.4 is 11.0 Å². The third-order valence-electron chi connectivity index (χ3n) is 3.87. The number of nitrogens with one attached hydrogen (secondary N) is 3. The van der Waals surface area contributed by atoms with Gasteiger partial charge in [-0.1, -0.05) is 24.3 Å². The number of imidazole rings is 1. The molecule has 1 saturated heterocycles. The van der Waals surface area contributed by atoms with Crippen LogP contribution in [0.15, 0.2) is 35.3 Å². The highest BCUT2D eigenvalue weighted by molar-refractivity contribution is 5.62. The van der Waals surface area contributed by atoms with E-state index in [9.17, 15) is 4.79 Å². The molecule has 0 unspecified atom stereocenters. The van der Waals surface area contributed by atoms with Gasteiger partial charge in [0.2, 0.25) is 0 Å². The minimum absolute atomic E-state index is 0.147. The first-order valence-electron chi connectivity index (χ1n) is 6.89. The lowest BCUT2D eigenvalue weighted by atomic mass is 9.88. The molecule has 0 spiro atoms. The second kappa shape index (κ2) is 5.45. The van der Waals surface area contributed by atoms with Crippen molar-refractivity contribution in [1.29, 1.82) is 0 Å². The van der Waals surface area contributed by atoms with E-state index < -0.39 is 0 Å². The van der Waals surface area contributed by atoms with Gasteiger partial charge in [-0.2, -0.15) is 0 Å². The van der Waals surface area contributed by atoms with E-state index in [1.165, 1.54) is 18.4 Å². The fraction of sp³-hybridized carbons (Fsp3) is 0.400. The van der Waals surface area contributed by atoms with Crippen molar-refractivity contribution in [1.82, 2.24) is 15.3 Å². The van der Waals surface area contributed by atoms with Gasteiger partial charge in [0.1, 0.15) is 0 Å². The van der Waals surface area contributed by atoms with E-state index in [0.29, 0.717) is 0 Å². The van der Waals surface area contributed by atoms with Crippen molar-refractivity contribution in [3.63, 3.8) is 0 Å². The smallest absolute Gasteiger partial charge is 0.317 e. The van der Waals surface area contributed by atoms with E-state index in [4.69, 9.17) is 0 Å². The minimum Gasteiger partial charge on any atom is -0.317 e. The maximum absolute atomic E-state index is 11.2. The van der Waals surface area contributed by atoms with Crippen LogP contribution in [0.5, 0.6) is 0 Å². The van der Waals surface area contributed by atoms with Gasteiger partial charge in [-0.25, -0.2) is 4.79 Å². The molecule has 1 aromatic heterocycles. The topological polar surface area (TPSA) is 60.7 Å². The van der Waals surface area contributed by atoms with E-state index in [-0.39, 0.29) is 5.69 Å². The molecule has 0 saturated carbocycles. The molecule has 3 N–H and O–H groups in total. The largest absolute Gasteiger partial charge is 0.323 e. The molecule has 0 bridgehead atoms. The zero-order valence-corrected chi connectivity index (χ0v) is 10.9. The number of rotatable bonds is 3. The van der Waals surface area contributed by atoms with Gasteiger partial charge in [0.15, 0.2) is 0 Å². The summed E-state index contributed by atoms with van der Waals surface area (Å²) < 4.78 is 0. The molecule has 100 valence electrons. The van der Waals surface area contributed by atoms with Crippen molar-refractivity contribution in [3.05, 3.63) is 46.5 Å². The molecule has 2 aromatic rings. The SMILES string of the molecule is O=c1[nH]cc(-c2ccccc2CC2CCNCC2)[nH]1. The van der Waals surface area contributed by atoms with Gasteiger partial charge in [0.05, 0.1) is 5.69 Å². The summed E-state index contributed by atoms with van der Waals surface area (Å²) in [7, 11) is 0. The number of piperidine rings is 1. The summed E-state index contributed by atoms with van der Waals surface area (Å²) >= 11 is 0. The molecule has 4 nitrogen and oxygen atoms in total. The van der Waals surface area contributed by atoms with Crippen LogP contribution in [0.4, 0.5) is 0 Å². The second-order valence-corrected chi connectivity index (χ2v) is 5.21. The molecule has 1 aromatic carbocycles. The average molecular weight is 257 g/mol. The molecule has 19 heavy (non-hydrogen) atoms. The van der Waals surface area contributed by atoms with Crippen molar-refractivity contribution >= 4 is 0 Å². The predicted molar refractivity (Wildman–Crippen MR) is 76.1 cm³/mol. The molecule has 0 aliphatic carbocycles. The lowest BCUT2D eigenvalue weighted by molar-refractivity contribution is 0.373. The number of benzene rings is 1. The zero-order valence-electron chi connectivity index (χ0n) is 10.9. The highest BCUT2D eigenvalue weighted by Gasteiger charge is 2.16. The Bertz CT molecular complexity index is 593. The normalized spacial score (nSPS) is 16.6. The van der Waals surface area contributed by atoms with Gasteiger partial charge in [0.25, 0.3) is 0 Å². The van der Waals surface area contributed by atoms with Crippen LogP contribution in [0.3, 0.4) is 0 Å². The molecule has 1 fully saturated rings. The zero-order chi connectivity index (χ0) is 13.1. The van der Waals surface area contributed by atoms with Gasteiger partial charge < -0.3 is 15.3 Å². The van der Waals surface area contributed by atoms with Crippen molar-refractivity contribution in [2.75, 3.05) is 13.1 Å². The second-order valence-electron chi connectivity index (χ2n) is 5.21. The Labute approximate surface area is 112 Å². The molecule has 0 amide bonds. The molecule has 2 heterocycles. The minimum atomic E-state index is -0.147. The Kier molecular flexibility index (Phi) is 3.51. The van der Waals surface area contributed by atoms with Crippen LogP contribution in [0, 0.1) is 5.92 Å². The van der Waals surface area contributed by atoms with Crippen LogP contribution >= 0.6 is 0 Å². The third-order valence-corrected chi connectivity index (χ3v) is 3.87. The molecule has 1 aliphatic rings. The van der Waals surface area contributed by atoms with Gasteiger partial charge in [0, 0.05) is 11.8 Å². The fourth-order valence-corrected chi connectivity index (χ4v) is 2.84. The first-order valence-corrected chi connectivity index (χ1v) is 6.89. The van der Waals surface area contributed by atoms with E-state index in [0.717, 1.165) is 36.7 Å². The van der Waals surface area contributed by atoms with Gasteiger partial charge >= 0.3 is 5.69 Å². The number of aromatic nitrogens is 2. The first kappa shape index (κ1) is 12.2. The molecule has 1 aliphatic heterocycles. The molecule has 3 rings (SSSR count). The summed E-state index contributed by atoms with van der Waals surface area (Å²) in [6, 6.07) is 8.34. The summed E-state index contributed by atoms with van der Waals surface area (Å²) in [5.74, 6) is 0.744. The molecule has 0 atom stereocenters. The Hall–Kier alpha value is -1.81. The van der Waals surface area contributed by atoms with Crippen molar-refractivity contribution < 1.29 is 0 Å². The number of H-pyrrole nitrogens is 2. The fourth-order valence-electron chi connectivity index (χ4n) is 2.84. The van der Waals surface area contributed by atoms with E-state index in [1.54, 1.807) is 6.20 Å². The summed E-state index contributed by atoms with van der Waals surface area (Å²) in [6.07, 6.45) is 5.31. The monoisotopic (exact) mass is 257 g/mol. The quantitative estimate of drug-likeness (QED) is 0.786. The van der Waals surface area contributed by atoms with Crippen LogP contribution in [0.2, 0.25) is 0 Å². The Morgan fingerprint density at radius 3 is 2.68 bits per heavy atom. The molecular formula is C15H19N3O. The van der Waals surface area contributed by atoms with Gasteiger partial charge in [-0.15, -0.1) is 0 Å². The molecule has 4 heteroatoms. The lowest BCUT2D eigenvalue weighted by Crippen LogP contribution is -2.28. The maximum Gasteiger partial charge on any atom is 0.323 e. The van der Waals surface area contributed by atoms with E-state index >= 15 is 0 Å². The number of aromatic amines is 2.